The molecule has 9 heavy (non-hydrogen) atoms. The molecule has 0 saturated heterocycles. The Morgan fingerprint density at radius 3 is 2.33 bits per heavy atom. The average molecular weight is 151 g/mol. The smallest absolute Gasteiger partial charge is 0.323 e. The zero-order valence-corrected chi connectivity index (χ0v) is 5.79. The molecule has 0 saturated carbocycles. The van der Waals surface area contributed by atoms with Crippen molar-refractivity contribution in [3.05, 3.63) is 12.7 Å². The normalized spacial score (nSPS) is 15.0. The minimum atomic E-state index is -4.07. The van der Waals surface area contributed by atoms with E-state index in [0.29, 0.717) is 0 Å². The molecule has 0 amide bonds. The van der Waals surface area contributed by atoms with Crippen LogP contribution in [0.1, 0.15) is 6.42 Å². The first kappa shape index (κ1) is 8.85. The van der Waals surface area contributed by atoms with Gasteiger partial charge in [-0.05, 0) is 6.42 Å². The molecular weight excluding hydrogens is 141 g/mol. The van der Waals surface area contributed by atoms with Crippen LogP contribution in [0.5, 0.6) is 0 Å². The van der Waals surface area contributed by atoms with Crippen molar-refractivity contribution in [1.29, 1.82) is 0 Å². The highest BCUT2D eigenvalue weighted by atomic mass is 31.2. The number of hydrogen-bond acceptors (Lipinski definition) is 2. The Bertz CT molecular complexity index is 141. The summed E-state index contributed by atoms with van der Waals surface area (Å²) >= 11 is 0. The first-order valence-corrected chi connectivity index (χ1v) is 4.08. The van der Waals surface area contributed by atoms with Gasteiger partial charge in [0.2, 0.25) is 0 Å². The van der Waals surface area contributed by atoms with Crippen LogP contribution in [-0.2, 0) is 4.57 Å². The highest BCUT2D eigenvalue weighted by Gasteiger charge is 2.22. The molecule has 0 rings (SSSR count). The van der Waals surface area contributed by atoms with Crippen LogP contribution in [0, 0.1) is 0 Å². The van der Waals surface area contributed by atoms with Gasteiger partial charge in [0.1, 0.15) is 5.78 Å². The summed E-state index contributed by atoms with van der Waals surface area (Å²) in [5.41, 5.74) is 5.03. The van der Waals surface area contributed by atoms with E-state index in [-0.39, 0.29) is 6.42 Å². The van der Waals surface area contributed by atoms with Crippen molar-refractivity contribution >= 4 is 7.60 Å². The van der Waals surface area contributed by atoms with Crippen LogP contribution in [0.25, 0.3) is 0 Å². The second-order valence-electron chi connectivity index (χ2n) is 1.68. The van der Waals surface area contributed by atoms with Gasteiger partial charge in [0.25, 0.3) is 0 Å². The Kier molecular flexibility index (Phi) is 3.08. The molecule has 0 unspecified atom stereocenters. The van der Waals surface area contributed by atoms with Crippen LogP contribution in [0.15, 0.2) is 12.7 Å². The van der Waals surface area contributed by atoms with Crippen molar-refractivity contribution in [3.8, 4) is 0 Å². The summed E-state index contributed by atoms with van der Waals surface area (Å²) in [7, 11) is -4.07. The van der Waals surface area contributed by atoms with E-state index in [0.717, 1.165) is 0 Å². The number of hydrogen-bond donors (Lipinski definition) is 3. The van der Waals surface area contributed by atoms with Crippen molar-refractivity contribution < 1.29 is 14.4 Å². The zero-order chi connectivity index (χ0) is 7.49. The molecule has 0 fully saturated rings. The van der Waals surface area contributed by atoms with Crippen LogP contribution in [-0.4, -0.2) is 15.6 Å². The molecule has 0 spiro atoms. The van der Waals surface area contributed by atoms with Gasteiger partial charge in [-0.2, -0.15) is 0 Å². The molecule has 0 radical (unpaired) electrons. The molecule has 4 N–H and O–H groups in total. The fraction of sp³-hybridized carbons (Fsp3) is 0.500. The van der Waals surface area contributed by atoms with Crippen LogP contribution in [0.2, 0.25) is 0 Å². The highest BCUT2D eigenvalue weighted by Crippen LogP contribution is 2.39. The minimum Gasteiger partial charge on any atom is -0.323 e. The van der Waals surface area contributed by atoms with Crippen LogP contribution >= 0.6 is 7.60 Å². The highest BCUT2D eigenvalue weighted by molar-refractivity contribution is 7.52. The second-order valence-corrected chi connectivity index (χ2v) is 3.52. The van der Waals surface area contributed by atoms with Gasteiger partial charge in [0.05, 0.1) is 0 Å². The van der Waals surface area contributed by atoms with E-state index >= 15 is 0 Å². The predicted molar refractivity (Wildman–Crippen MR) is 34.8 cm³/mol. The van der Waals surface area contributed by atoms with Crippen LogP contribution in [0.4, 0.5) is 0 Å². The SMILES string of the molecule is C=CC[C@H](N)P(=O)(O)O. The zero-order valence-electron chi connectivity index (χ0n) is 4.90. The molecule has 0 aliphatic heterocycles. The fourth-order valence-electron chi connectivity index (χ4n) is 0.308. The molecule has 0 aliphatic carbocycles. The van der Waals surface area contributed by atoms with Gasteiger partial charge in [-0.25, -0.2) is 0 Å². The third-order valence-electron chi connectivity index (χ3n) is 0.840. The lowest BCUT2D eigenvalue weighted by Crippen LogP contribution is -2.18. The number of rotatable bonds is 3. The summed E-state index contributed by atoms with van der Waals surface area (Å²) in [6.07, 6.45) is 1.52. The van der Waals surface area contributed by atoms with Gasteiger partial charge in [0.15, 0.2) is 0 Å². The van der Waals surface area contributed by atoms with Crippen molar-refractivity contribution in [2.75, 3.05) is 0 Å². The Morgan fingerprint density at radius 1 is 1.78 bits per heavy atom. The maximum absolute atomic E-state index is 10.2. The summed E-state index contributed by atoms with van der Waals surface area (Å²) < 4.78 is 10.2. The fourth-order valence-corrected chi connectivity index (χ4v) is 0.732. The van der Waals surface area contributed by atoms with Crippen LogP contribution < -0.4 is 5.73 Å². The molecule has 0 bridgehead atoms. The molecule has 0 heterocycles. The van der Waals surface area contributed by atoms with E-state index in [1.54, 1.807) is 0 Å². The van der Waals surface area contributed by atoms with E-state index in [1.807, 2.05) is 0 Å². The summed E-state index contributed by atoms with van der Waals surface area (Å²) in [5, 5.41) is 0. The summed E-state index contributed by atoms with van der Waals surface area (Å²) in [6, 6.07) is 0. The number of nitrogens with two attached hydrogens (primary N) is 1. The van der Waals surface area contributed by atoms with Gasteiger partial charge in [0, 0.05) is 0 Å². The molecule has 0 aromatic rings. The lowest BCUT2D eigenvalue weighted by Gasteiger charge is -2.09. The van der Waals surface area contributed by atoms with Gasteiger partial charge >= 0.3 is 7.60 Å². The lowest BCUT2D eigenvalue weighted by molar-refractivity contribution is 0.358. The largest absolute Gasteiger partial charge is 0.342 e. The maximum atomic E-state index is 10.2. The molecule has 54 valence electrons. The molecule has 0 aromatic carbocycles. The average Bonchev–Trinajstić information content (AvgIpc) is 1.64. The van der Waals surface area contributed by atoms with E-state index in [4.69, 9.17) is 15.5 Å². The molecule has 0 aliphatic rings. The lowest BCUT2D eigenvalue weighted by atomic mass is 10.4. The molecular formula is C4H10NO3P. The third kappa shape index (κ3) is 3.43. The minimum absolute atomic E-state index is 0.143. The predicted octanol–water partition coefficient (Wildman–Crippen LogP) is 0.0250. The Morgan fingerprint density at radius 2 is 2.22 bits per heavy atom. The van der Waals surface area contributed by atoms with Crippen molar-refractivity contribution in [3.63, 3.8) is 0 Å². The first-order chi connectivity index (χ1) is 3.98. The van der Waals surface area contributed by atoms with E-state index in [2.05, 4.69) is 6.58 Å². The molecule has 5 heteroatoms. The Hall–Kier alpha value is -0.150. The topological polar surface area (TPSA) is 83.6 Å². The first-order valence-electron chi connectivity index (χ1n) is 2.40. The summed E-state index contributed by atoms with van der Waals surface area (Å²) in [6.45, 7) is 3.29. The van der Waals surface area contributed by atoms with E-state index in [1.165, 1.54) is 6.08 Å². The quantitative estimate of drug-likeness (QED) is 0.392. The second kappa shape index (κ2) is 3.13. The molecule has 0 aromatic heterocycles. The van der Waals surface area contributed by atoms with Crippen molar-refractivity contribution in [2.24, 2.45) is 5.73 Å². The van der Waals surface area contributed by atoms with Gasteiger partial charge in [-0.1, -0.05) is 6.08 Å². The maximum Gasteiger partial charge on any atom is 0.342 e. The van der Waals surface area contributed by atoms with Gasteiger partial charge in [-0.3, -0.25) is 4.57 Å². The van der Waals surface area contributed by atoms with E-state index in [9.17, 15) is 4.57 Å². The van der Waals surface area contributed by atoms with Gasteiger partial charge in [-0.15, -0.1) is 6.58 Å². The summed E-state index contributed by atoms with van der Waals surface area (Å²) in [4.78, 5) is 16.7. The molecule has 1 atom stereocenters. The van der Waals surface area contributed by atoms with Crippen molar-refractivity contribution in [1.82, 2.24) is 0 Å². The van der Waals surface area contributed by atoms with E-state index < -0.39 is 13.4 Å². The Labute approximate surface area is 53.5 Å². The van der Waals surface area contributed by atoms with Gasteiger partial charge < -0.3 is 15.5 Å². The van der Waals surface area contributed by atoms with Crippen LogP contribution in [0.3, 0.4) is 0 Å². The monoisotopic (exact) mass is 151 g/mol. The Balaban J connectivity index is 3.88. The molecule has 4 nitrogen and oxygen atoms in total. The third-order valence-corrected chi connectivity index (χ3v) is 1.92. The summed E-state index contributed by atoms with van der Waals surface area (Å²) in [5.74, 6) is -1.09. The standard InChI is InChI=1S/C4H10NO3P/c1-2-3-4(5)9(6,7)8/h2,4H,1,3,5H2,(H2,6,7,8)/t4-/m1/s1. The van der Waals surface area contributed by atoms with Crippen molar-refractivity contribution in [2.45, 2.75) is 12.2 Å².